The minimum atomic E-state index is -0.337. The first kappa shape index (κ1) is 14.9. The van der Waals surface area contributed by atoms with Crippen molar-refractivity contribution in [2.75, 3.05) is 13.7 Å². The molecule has 3 N–H and O–H groups in total. The summed E-state index contributed by atoms with van der Waals surface area (Å²) in [6.07, 6.45) is 0. The molecular formula is C14H23FN2O. The Hall–Kier alpha value is -1.13. The molecule has 0 heterocycles. The van der Waals surface area contributed by atoms with Gasteiger partial charge in [0.25, 0.3) is 0 Å². The van der Waals surface area contributed by atoms with Crippen LogP contribution in [0.2, 0.25) is 0 Å². The zero-order valence-corrected chi connectivity index (χ0v) is 11.6. The highest BCUT2D eigenvalue weighted by molar-refractivity contribution is 5.29. The van der Waals surface area contributed by atoms with Crippen molar-refractivity contribution in [2.24, 2.45) is 11.7 Å². The van der Waals surface area contributed by atoms with Crippen molar-refractivity contribution in [1.29, 1.82) is 0 Å². The smallest absolute Gasteiger partial charge is 0.165 e. The molecule has 0 amide bonds. The van der Waals surface area contributed by atoms with E-state index in [1.54, 1.807) is 6.07 Å². The van der Waals surface area contributed by atoms with Crippen LogP contribution in [0.3, 0.4) is 0 Å². The van der Waals surface area contributed by atoms with Crippen LogP contribution in [0.1, 0.15) is 26.3 Å². The van der Waals surface area contributed by atoms with Crippen molar-refractivity contribution in [2.45, 2.75) is 32.9 Å². The average molecular weight is 254 g/mol. The highest BCUT2D eigenvalue weighted by Crippen LogP contribution is 2.19. The van der Waals surface area contributed by atoms with E-state index in [1.165, 1.54) is 13.2 Å². The van der Waals surface area contributed by atoms with Gasteiger partial charge in [-0.1, -0.05) is 19.9 Å². The first-order valence-electron chi connectivity index (χ1n) is 6.20. The lowest BCUT2D eigenvalue weighted by molar-refractivity contribution is 0.267. The quantitative estimate of drug-likeness (QED) is 0.819. The molecular weight excluding hydrogens is 231 g/mol. The second-order valence-corrected chi connectivity index (χ2v) is 5.10. The third kappa shape index (κ3) is 3.43. The molecule has 0 saturated heterocycles. The zero-order valence-electron chi connectivity index (χ0n) is 11.6. The monoisotopic (exact) mass is 254 g/mol. The summed E-state index contributed by atoms with van der Waals surface area (Å²) in [5.41, 5.74) is 6.53. The van der Waals surface area contributed by atoms with Crippen LogP contribution in [-0.4, -0.2) is 19.2 Å². The van der Waals surface area contributed by atoms with Crippen molar-refractivity contribution < 1.29 is 9.13 Å². The molecule has 1 rings (SSSR count). The molecule has 1 aromatic rings. The summed E-state index contributed by atoms with van der Waals surface area (Å²) in [6, 6.07) is 4.98. The van der Waals surface area contributed by atoms with Crippen molar-refractivity contribution in [3.05, 3.63) is 29.6 Å². The second kappa shape index (κ2) is 6.16. The molecule has 0 aliphatic carbocycles. The summed E-state index contributed by atoms with van der Waals surface area (Å²) in [7, 11) is 1.46. The Balaban J connectivity index is 2.71. The highest BCUT2D eigenvalue weighted by Gasteiger charge is 2.25. The van der Waals surface area contributed by atoms with E-state index in [0.717, 1.165) is 5.56 Å². The summed E-state index contributed by atoms with van der Waals surface area (Å²) < 4.78 is 18.4. The standard InChI is InChI=1S/C14H23FN2O/c1-10(2)14(3,9-16)17-8-11-5-6-13(18-4)12(15)7-11/h5-7,10,17H,8-9,16H2,1-4H3. The molecule has 0 aliphatic rings. The largest absolute Gasteiger partial charge is 0.494 e. The predicted octanol–water partition coefficient (Wildman–Crippen LogP) is 2.30. The number of methoxy groups -OCH3 is 1. The lowest BCUT2D eigenvalue weighted by Crippen LogP contribution is -2.52. The van der Waals surface area contributed by atoms with Crippen LogP contribution in [-0.2, 0) is 6.54 Å². The van der Waals surface area contributed by atoms with Gasteiger partial charge in [0.2, 0.25) is 0 Å². The molecule has 0 spiro atoms. The highest BCUT2D eigenvalue weighted by atomic mass is 19.1. The van der Waals surface area contributed by atoms with E-state index in [-0.39, 0.29) is 17.1 Å². The minimum absolute atomic E-state index is 0.142. The Morgan fingerprint density at radius 1 is 1.44 bits per heavy atom. The van der Waals surface area contributed by atoms with Gasteiger partial charge in [-0.15, -0.1) is 0 Å². The molecule has 1 unspecified atom stereocenters. The van der Waals surface area contributed by atoms with E-state index in [4.69, 9.17) is 10.5 Å². The fourth-order valence-electron chi connectivity index (χ4n) is 1.64. The number of nitrogens with two attached hydrogens (primary N) is 1. The lowest BCUT2D eigenvalue weighted by atomic mass is 9.88. The van der Waals surface area contributed by atoms with Crippen LogP contribution in [0, 0.1) is 11.7 Å². The molecule has 0 bridgehead atoms. The van der Waals surface area contributed by atoms with Crippen LogP contribution in [0.4, 0.5) is 4.39 Å². The van der Waals surface area contributed by atoms with E-state index in [0.29, 0.717) is 19.0 Å². The Bertz CT molecular complexity index is 395. The summed E-state index contributed by atoms with van der Waals surface area (Å²) in [4.78, 5) is 0. The molecule has 0 radical (unpaired) electrons. The first-order valence-corrected chi connectivity index (χ1v) is 6.20. The second-order valence-electron chi connectivity index (χ2n) is 5.10. The van der Waals surface area contributed by atoms with E-state index < -0.39 is 0 Å². The number of rotatable bonds is 6. The van der Waals surface area contributed by atoms with E-state index in [9.17, 15) is 4.39 Å². The Morgan fingerprint density at radius 3 is 2.56 bits per heavy atom. The van der Waals surface area contributed by atoms with Gasteiger partial charge in [-0.2, -0.15) is 0 Å². The van der Waals surface area contributed by atoms with Gasteiger partial charge in [-0.05, 0) is 30.5 Å². The maximum atomic E-state index is 13.5. The maximum absolute atomic E-state index is 13.5. The van der Waals surface area contributed by atoms with E-state index in [1.807, 2.05) is 6.07 Å². The fraction of sp³-hybridized carbons (Fsp3) is 0.571. The normalized spacial score (nSPS) is 14.6. The summed E-state index contributed by atoms with van der Waals surface area (Å²) >= 11 is 0. The van der Waals surface area contributed by atoms with Crippen molar-refractivity contribution in [1.82, 2.24) is 5.32 Å². The van der Waals surface area contributed by atoms with Crippen molar-refractivity contribution in [3.8, 4) is 5.75 Å². The molecule has 1 atom stereocenters. The van der Waals surface area contributed by atoms with E-state index >= 15 is 0 Å². The molecule has 0 fully saturated rings. The molecule has 18 heavy (non-hydrogen) atoms. The minimum Gasteiger partial charge on any atom is -0.494 e. The first-order chi connectivity index (χ1) is 8.42. The lowest BCUT2D eigenvalue weighted by Gasteiger charge is -2.34. The number of nitrogens with one attached hydrogen (secondary N) is 1. The molecule has 0 aliphatic heterocycles. The van der Waals surface area contributed by atoms with Crippen LogP contribution in [0.25, 0.3) is 0 Å². The van der Waals surface area contributed by atoms with Crippen molar-refractivity contribution >= 4 is 0 Å². The zero-order chi connectivity index (χ0) is 13.8. The molecule has 0 aromatic heterocycles. The van der Waals surface area contributed by atoms with Crippen LogP contribution < -0.4 is 15.8 Å². The molecule has 3 nitrogen and oxygen atoms in total. The Kier molecular flexibility index (Phi) is 5.11. The van der Waals surface area contributed by atoms with Crippen LogP contribution in [0.15, 0.2) is 18.2 Å². The molecule has 0 saturated carbocycles. The van der Waals surface area contributed by atoms with Gasteiger partial charge >= 0.3 is 0 Å². The van der Waals surface area contributed by atoms with Crippen LogP contribution in [0.5, 0.6) is 5.75 Å². The fourth-order valence-corrected chi connectivity index (χ4v) is 1.64. The Morgan fingerprint density at radius 2 is 2.11 bits per heavy atom. The average Bonchev–Trinajstić information content (AvgIpc) is 2.35. The van der Waals surface area contributed by atoms with Gasteiger partial charge in [0, 0.05) is 18.6 Å². The topological polar surface area (TPSA) is 47.3 Å². The third-order valence-corrected chi connectivity index (χ3v) is 3.61. The number of halogens is 1. The summed E-state index contributed by atoms with van der Waals surface area (Å²) in [5, 5.41) is 3.39. The number of hydrogen-bond donors (Lipinski definition) is 2. The number of benzene rings is 1. The van der Waals surface area contributed by atoms with Crippen LogP contribution >= 0.6 is 0 Å². The maximum Gasteiger partial charge on any atom is 0.165 e. The van der Waals surface area contributed by atoms with Gasteiger partial charge in [0.1, 0.15) is 0 Å². The van der Waals surface area contributed by atoms with Gasteiger partial charge in [0.05, 0.1) is 7.11 Å². The Labute approximate surface area is 109 Å². The molecule has 1 aromatic carbocycles. The SMILES string of the molecule is COc1ccc(CNC(C)(CN)C(C)C)cc1F. The van der Waals surface area contributed by atoms with Gasteiger partial charge in [-0.3, -0.25) is 0 Å². The summed E-state index contributed by atoms with van der Waals surface area (Å²) in [6.45, 7) is 7.45. The predicted molar refractivity (Wildman–Crippen MR) is 72.1 cm³/mol. The molecule has 4 heteroatoms. The number of hydrogen-bond acceptors (Lipinski definition) is 3. The molecule has 102 valence electrons. The van der Waals surface area contributed by atoms with Gasteiger partial charge in [-0.25, -0.2) is 4.39 Å². The third-order valence-electron chi connectivity index (χ3n) is 3.61. The number of ether oxygens (including phenoxy) is 1. The summed E-state index contributed by atoms with van der Waals surface area (Å²) in [5.74, 6) is 0.339. The van der Waals surface area contributed by atoms with E-state index in [2.05, 4.69) is 26.1 Å². The van der Waals surface area contributed by atoms with Gasteiger partial charge in [0.15, 0.2) is 11.6 Å². The van der Waals surface area contributed by atoms with Crippen molar-refractivity contribution in [3.63, 3.8) is 0 Å². The van der Waals surface area contributed by atoms with Gasteiger partial charge < -0.3 is 15.8 Å².